The van der Waals surface area contributed by atoms with Gasteiger partial charge in [-0.2, -0.15) is 0 Å². The minimum Gasteiger partial charge on any atom is -0.508 e. The molecule has 0 amide bonds. The summed E-state index contributed by atoms with van der Waals surface area (Å²) in [4.78, 5) is 2.74. The SMILES string of the molecule is CCC1CCCCCN1C(C)CCc1ccc(O)cc1. The molecule has 112 valence electrons. The highest BCUT2D eigenvalue weighted by atomic mass is 16.3. The van der Waals surface area contributed by atoms with Crippen LogP contribution < -0.4 is 0 Å². The second kappa shape index (κ2) is 7.68. The summed E-state index contributed by atoms with van der Waals surface area (Å²) >= 11 is 0. The van der Waals surface area contributed by atoms with Crippen molar-refractivity contribution in [1.29, 1.82) is 0 Å². The molecule has 2 atom stereocenters. The standard InChI is InChI=1S/C18H29NO/c1-3-17-7-5-4-6-14-19(17)15(2)8-9-16-10-12-18(20)13-11-16/h10-13,15,17,20H,3-9,14H2,1-2H3. The first-order valence-electron chi connectivity index (χ1n) is 8.24. The molecule has 1 aromatic rings. The van der Waals surface area contributed by atoms with Crippen LogP contribution >= 0.6 is 0 Å². The fraction of sp³-hybridized carbons (Fsp3) is 0.667. The van der Waals surface area contributed by atoms with Crippen LogP contribution in [0, 0.1) is 0 Å². The molecule has 20 heavy (non-hydrogen) atoms. The van der Waals surface area contributed by atoms with Gasteiger partial charge in [-0.15, -0.1) is 0 Å². The van der Waals surface area contributed by atoms with Crippen LogP contribution in [0.25, 0.3) is 0 Å². The molecule has 1 N–H and O–H groups in total. The molecule has 0 aliphatic carbocycles. The van der Waals surface area contributed by atoms with Crippen molar-refractivity contribution in [3.63, 3.8) is 0 Å². The highest BCUT2D eigenvalue weighted by Gasteiger charge is 2.23. The number of phenols is 1. The van der Waals surface area contributed by atoms with Gasteiger partial charge in [0.25, 0.3) is 0 Å². The molecule has 2 rings (SSSR count). The lowest BCUT2D eigenvalue weighted by Crippen LogP contribution is -2.41. The van der Waals surface area contributed by atoms with Crippen LogP contribution in [0.15, 0.2) is 24.3 Å². The topological polar surface area (TPSA) is 23.5 Å². The molecule has 1 aliphatic heterocycles. The highest BCUT2D eigenvalue weighted by Crippen LogP contribution is 2.23. The van der Waals surface area contributed by atoms with Crippen molar-refractivity contribution in [1.82, 2.24) is 4.90 Å². The van der Waals surface area contributed by atoms with Gasteiger partial charge in [-0.1, -0.05) is 31.9 Å². The van der Waals surface area contributed by atoms with Crippen molar-refractivity contribution in [2.45, 2.75) is 70.9 Å². The van der Waals surface area contributed by atoms with E-state index in [9.17, 15) is 5.11 Å². The van der Waals surface area contributed by atoms with Crippen LogP contribution in [0.1, 0.15) is 57.9 Å². The molecule has 1 aromatic carbocycles. The van der Waals surface area contributed by atoms with Crippen molar-refractivity contribution in [3.05, 3.63) is 29.8 Å². The largest absolute Gasteiger partial charge is 0.508 e. The highest BCUT2D eigenvalue weighted by molar-refractivity contribution is 5.25. The maximum atomic E-state index is 9.33. The lowest BCUT2D eigenvalue weighted by atomic mass is 10.0. The van der Waals surface area contributed by atoms with Crippen LogP contribution in [-0.4, -0.2) is 28.6 Å². The van der Waals surface area contributed by atoms with Crippen molar-refractivity contribution in [2.75, 3.05) is 6.54 Å². The Kier molecular flexibility index (Phi) is 5.90. The van der Waals surface area contributed by atoms with Crippen LogP contribution in [0.2, 0.25) is 0 Å². The fourth-order valence-corrected chi connectivity index (χ4v) is 3.42. The molecule has 2 unspecified atom stereocenters. The summed E-state index contributed by atoms with van der Waals surface area (Å²) in [6.07, 6.45) is 9.14. The summed E-state index contributed by atoms with van der Waals surface area (Å²) in [7, 11) is 0. The predicted octanol–water partition coefficient (Wildman–Crippen LogP) is 4.37. The van der Waals surface area contributed by atoms with Gasteiger partial charge in [0.05, 0.1) is 0 Å². The molecular formula is C18H29NO. The van der Waals surface area contributed by atoms with E-state index in [1.54, 1.807) is 12.1 Å². The van der Waals surface area contributed by atoms with Crippen molar-refractivity contribution in [3.8, 4) is 5.75 Å². The lowest BCUT2D eigenvalue weighted by molar-refractivity contribution is 0.136. The monoisotopic (exact) mass is 275 g/mol. The van der Waals surface area contributed by atoms with Crippen molar-refractivity contribution < 1.29 is 5.11 Å². The van der Waals surface area contributed by atoms with Gasteiger partial charge in [0.15, 0.2) is 0 Å². The summed E-state index contributed by atoms with van der Waals surface area (Å²) in [5, 5.41) is 9.33. The first-order chi connectivity index (χ1) is 9.70. The van der Waals surface area contributed by atoms with E-state index in [-0.39, 0.29) is 0 Å². The molecule has 1 heterocycles. The van der Waals surface area contributed by atoms with Crippen LogP contribution in [0.4, 0.5) is 0 Å². The second-order valence-corrected chi connectivity index (χ2v) is 6.20. The normalized spacial score (nSPS) is 22.4. The number of benzene rings is 1. The lowest BCUT2D eigenvalue weighted by Gasteiger charge is -2.35. The Balaban J connectivity index is 1.88. The van der Waals surface area contributed by atoms with Gasteiger partial charge in [0.1, 0.15) is 5.75 Å². The molecule has 2 nitrogen and oxygen atoms in total. The van der Waals surface area contributed by atoms with Gasteiger partial charge in [-0.05, 0) is 63.3 Å². The van der Waals surface area contributed by atoms with Gasteiger partial charge < -0.3 is 5.11 Å². The van der Waals surface area contributed by atoms with E-state index < -0.39 is 0 Å². The van der Waals surface area contributed by atoms with Gasteiger partial charge in [0, 0.05) is 12.1 Å². The zero-order valence-corrected chi connectivity index (χ0v) is 13.0. The first kappa shape index (κ1) is 15.4. The van der Waals surface area contributed by atoms with Crippen LogP contribution in [0.5, 0.6) is 5.75 Å². The number of hydrogen-bond acceptors (Lipinski definition) is 2. The molecule has 1 fully saturated rings. The minimum atomic E-state index is 0.361. The Hall–Kier alpha value is -1.02. The third-order valence-electron chi connectivity index (χ3n) is 4.75. The molecular weight excluding hydrogens is 246 g/mol. The van der Waals surface area contributed by atoms with E-state index in [0.717, 1.165) is 12.5 Å². The molecule has 0 radical (unpaired) electrons. The quantitative estimate of drug-likeness (QED) is 0.862. The number of rotatable bonds is 5. The van der Waals surface area contributed by atoms with Crippen molar-refractivity contribution >= 4 is 0 Å². The number of nitrogens with zero attached hydrogens (tertiary/aromatic N) is 1. The van der Waals surface area contributed by atoms with E-state index in [1.165, 1.54) is 50.6 Å². The average Bonchev–Trinajstić information content (AvgIpc) is 2.71. The maximum Gasteiger partial charge on any atom is 0.115 e. The van der Waals surface area contributed by atoms with E-state index in [0.29, 0.717) is 11.8 Å². The van der Waals surface area contributed by atoms with Crippen LogP contribution in [-0.2, 0) is 6.42 Å². The maximum absolute atomic E-state index is 9.33. The molecule has 0 aromatic heterocycles. The van der Waals surface area contributed by atoms with E-state index in [2.05, 4.69) is 18.7 Å². The Morgan fingerprint density at radius 2 is 1.95 bits per heavy atom. The third kappa shape index (κ3) is 4.24. The Morgan fingerprint density at radius 1 is 1.20 bits per heavy atom. The van der Waals surface area contributed by atoms with Gasteiger partial charge in [0.2, 0.25) is 0 Å². The Labute approximate surface area is 123 Å². The number of likely N-dealkylation sites (tertiary alicyclic amines) is 1. The van der Waals surface area contributed by atoms with E-state index in [4.69, 9.17) is 0 Å². The number of hydrogen-bond donors (Lipinski definition) is 1. The molecule has 2 heteroatoms. The predicted molar refractivity (Wildman–Crippen MR) is 85.1 cm³/mol. The van der Waals surface area contributed by atoms with E-state index in [1.807, 2.05) is 12.1 Å². The second-order valence-electron chi connectivity index (χ2n) is 6.20. The van der Waals surface area contributed by atoms with Gasteiger partial charge >= 0.3 is 0 Å². The molecule has 0 saturated carbocycles. The average molecular weight is 275 g/mol. The number of phenolic OH excluding ortho intramolecular Hbond substituents is 1. The minimum absolute atomic E-state index is 0.361. The number of aryl methyl sites for hydroxylation is 1. The fourth-order valence-electron chi connectivity index (χ4n) is 3.42. The summed E-state index contributed by atoms with van der Waals surface area (Å²) in [6.45, 7) is 5.99. The Bertz CT molecular complexity index is 387. The molecule has 0 bridgehead atoms. The van der Waals surface area contributed by atoms with Crippen molar-refractivity contribution in [2.24, 2.45) is 0 Å². The summed E-state index contributed by atoms with van der Waals surface area (Å²) in [5.41, 5.74) is 1.33. The smallest absolute Gasteiger partial charge is 0.115 e. The van der Waals surface area contributed by atoms with Gasteiger partial charge in [-0.3, -0.25) is 4.90 Å². The zero-order chi connectivity index (χ0) is 14.4. The summed E-state index contributed by atoms with van der Waals surface area (Å²) < 4.78 is 0. The number of aromatic hydroxyl groups is 1. The molecule has 1 saturated heterocycles. The Morgan fingerprint density at radius 3 is 2.65 bits per heavy atom. The summed E-state index contributed by atoms with van der Waals surface area (Å²) in [6, 6.07) is 9.12. The van der Waals surface area contributed by atoms with E-state index >= 15 is 0 Å². The summed E-state index contributed by atoms with van der Waals surface area (Å²) in [5.74, 6) is 0.361. The molecule has 0 spiro atoms. The zero-order valence-electron chi connectivity index (χ0n) is 13.0. The third-order valence-corrected chi connectivity index (χ3v) is 4.75. The molecule has 1 aliphatic rings. The van der Waals surface area contributed by atoms with Gasteiger partial charge in [-0.25, -0.2) is 0 Å². The van der Waals surface area contributed by atoms with Crippen LogP contribution in [0.3, 0.4) is 0 Å². The first-order valence-corrected chi connectivity index (χ1v) is 8.24.